The SMILES string of the molecule is [2H]C(CCCCC(=O)O)(CCSCc1ccccc1)SC([2H])([2H])c1ccccc1. The highest BCUT2D eigenvalue weighted by molar-refractivity contribution is 7.99. The Bertz CT molecular complexity index is 744. The largest absolute Gasteiger partial charge is 0.481 e. The Morgan fingerprint density at radius 3 is 2.31 bits per heavy atom. The second-order valence-electron chi connectivity index (χ2n) is 6.00. The van der Waals surface area contributed by atoms with E-state index in [0.717, 1.165) is 23.3 Å². The van der Waals surface area contributed by atoms with Crippen LogP contribution in [0.5, 0.6) is 0 Å². The van der Waals surface area contributed by atoms with Crippen molar-refractivity contribution in [2.24, 2.45) is 0 Å². The number of aliphatic carboxylic acids is 1. The molecule has 0 radical (unpaired) electrons. The highest BCUT2D eigenvalue weighted by Crippen LogP contribution is 2.27. The van der Waals surface area contributed by atoms with E-state index in [1.165, 1.54) is 5.56 Å². The van der Waals surface area contributed by atoms with Gasteiger partial charge in [0.1, 0.15) is 0 Å². The summed E-state index contributed by atoms with van der Waals surface area (Å²) < 4.78 is 25.9. The minimum absolute atomic E-state index is 0.0923. The summed E-state index contributed by atoms with van der Waals surface area (Å²) in [5.74, 6) is 0.799. The van der Waals surface area contributed by atoms with Gasteiger partial charge in [0.15, 0.2) is 0 Å². The van der Waals surface area contributed by atoms with Gasteiger partial charge in [0, 0.05) is 27.2 Å². The monoisotopic (exact) mass is 391 g/mol. The second-order valence-corrected chi connectivity index (χ2v) is 8.09. The molecular weight excluding hydrogens is 360 g/mol. The maximum Gasteiger partial charge on any atom is 0.303 e. The molecule has 0 aliphatic carbocycles. The third kappa shape index (κ3) is 9.35. The Kier molecular flexibility index (Phi) is 8.30. The predicted molar refractivity (Wildman–Crippen MR) is 115 cm³/mol. The topological polar surface area (TPSA) is 37.3 Å². The van der Waals surface area contributed by atoms with Gasteiger partial charge in [-0.15, -0.1) is 0 Å². The van der Waals surface area contributed by atoms with Gasteiger partial charge < -0.3 is 5.11 Å². The molecule has 140 valence electrons. The predicted octanol–water partition coefficient (Wildman–Crippen LogP) is 6.26. The molecule has 0 heterocycles. The fourth-order valence-electron chi connectivity index (χ4n) is 2.41. The smallest absolute Gasteiger partial charge is 0.303 e. The first-order valence-electron chi connectivity index (χ1n) is 10.4. The average molecular weight is 392 g/mol. The third-order valence-electron chi connectivity index (χ3n) is 3.82. The van der Waals surface area contributed by atoms with Crippen LogP contribution in [0.15, 0.2) is 60.7 Å². The Morgan fingerprint density at radius 2 is 1.65 bits per heavy atom. The van der Waals surface area contributed by atoms with Crippen LogP contribution in [0.25, 0.3) is 0 Å². The Morgan fingerprint density at radius 1 is 1.00 bits per heavy atom. The van der Waals surface area contributed by atoms with Crippen LogP contribution in [0.2, 0.25) is 0 Å². The zero-order valence-corrected chi connectivity index (χ0v) is 16.5. The molecule has 2 nitrogen and oxygen atoms in total. The molecule has 1 N–H and O–H groups in total. The molecular formula is C22H28O2S2. The quantitative estimate of drug-likeness (QED) is 0.409. The number of carboxylic acids is 1. The normalized spacial score (nSPS) is 15.5. The van der Waals surface area contributed by atoms with Crippen molar-refractivity contribution in [1.29, 1.82) is 0 Å². The third-order valence-corrected chi connectivity index (χ3v) is 5.89. The summed E-state index contributed by atoms with van der Waals surface area (Å²) in [7, 11) is 0. The van der Waals surface area contributed by atoms with Crippen molar-refractivity contribution in [3.05, 3.63) is 71.8 Å². The highest BCUT2D eigenvalue weighted by atomic mass is 32.2. The molecule has 0 amide bonds. The molecule has 4 heteroatoms. The first-order valence-corrected chi connectivity index (χ1v) is 10.9. The summed E-state index contributed by atoms with van der Waals surface area (Å²) in [5.41, 5.74) is 0.130. The number of carbonyl (C=O) groups is 1. The molecule has 0 aliphatic rings. The van der Waals surface area contributed by atoms with Gasteiger partial charge in [-0.1, -0.05) is 67.1 Å². The number of rotatable bonds is 13. The molecule has 0 fully saturated rings. The van der Waals surface area contributed by atoms with E-state index >= 15 is 0 Å². The van der Waals surface area contributed by atoms with Gasteiger partial charge in [-0.25, -0.2) is 0 Å². The van der Waals surface area contributed by atoms with Gasteiger partial charge in [0.2, 0.25) is 0 Å². The second kappa shape index (κ2) is 12.9. The molecule has 0 saturated carbocycles. The number of hydrogen-bond acceptors (Lipinski definition) is 3. The van der Waals surface area contributed by atoms with E-state index < -0.39 is 16.9 Å². The van der Waals surface area contributed by atoms with Gasteiger partial charge in [-0.2, -0.15) is 23.5 Å². The summed E-state index contributed by atoms with van der Waals surface area (Å²) >= 11 is 2.80. The summed E-state index contributed by atoms with van der Waals surface area (Å²) in [5, 5.41) is 7.85. The van der Waals surface area contributed by atoms with E-state index in [-0.39, 0.29) is 6.42 Å². The first kappa shape index (κ1) is 16.8. The molecule has 2 aromatic rings. The Labute approximate surface area is 170 Å². The van der Waals surface area contributed by atoms with E-state index in [1.807, 2.05) is 36.4 Å². The van der Waals surface area contributed by atoms with Crippen LogP contribution >= 0.6 is 23.5 Å². The maximum atomic E-state index is 10.8. The van der Waals surface area contributed by atoms with Crippen LogP contribution < -0.4 is 0 Å². The van der Waals surface area contributed by atoms with Crippen molar-refractivity contribution in [3.8, 4) is 0 Å². The summed E-state index contributed by atoms with van der Waals surface area (Å²) in [6.45, 7) is 0. The first-order chi connectivity index (χ1) is 13.8. The Balaban J connectivity index is 1.96. The number of hydrogen-bond donors (Lipinski definition) is 1. The van der Waals surface area contributed by atoms with Crippen LogP contribution in [-0.2, 0) is 16.3 Å². The lowest BCUT2D eigenvalue weighted by Crippen LogP contribution is -2.06. The van der Waals surface area contributed by atoms with Crippen molar-refractivity contribution in [2.75, 3.05) is 5.75 Å². The number of benzene rings is 2. The molecule has 26 heavy (non-hydrogen) atoms. The fourth-order valence-corrected chi connectivity index (χ4v) is 4.35. The van der Waals surface area contributed by atoms with Crippen LogP contribution in [0.1, 0.15) is 47.3 Å². The zero-order valence-electron chi connectivity index (χ0n) is 17.9. The zero-order chi connectivity index (χ0) is 21.2. The molecule has 1 unspecified atom stereocenters. The Hall–Kier alpha value is -1.39. The molecule has 0 spiro atoms. The van der Waals surface area contributed by atoms with E-state index in [1.54, 1.807) is 23.9 Å². The van der Waals surface area contributed by atoms with Gasteiger partial charge in [-0.05, 0) is 36.1 Å². The van der Waals surface area contributed by atoms with Crippen LogP contribution in [0.4, 0.5) is 0 Å². The molecule has 0 saturated heterocycles. The molecule has 0 bridgehead atoms. The lowest BCUT2D eigenvalue weighted by molar-refractivity contribution is -0.137. The van der Waals surface area contributed by atoms with E-state index in [2.05, 4.69) is 12.1 Å². The van der Waals surface area contributed by atoms with Gasteiger partial charge >= 0.3 is 5.97 Å². The number of carboxylic acid groups (broad SMARTS) is 1. The van der Waals surface area contributed by atoms with Crippen molar-refractivity contribution >= 4 is 29.5 Å². The van der Waals surface area contributed by atoms with E-state index in [9.17, 15) is 4.79 Å². The molecule has 2 rings (SSSR count). The summed E-state index contributed by atoms with van der Waals surface area (Å²) in [6, 6.07) is 19.1. The molecule has 2 aromatic carbocycles. The maximum absolute atomic E-state index is 10.8. The van der Waals surface area contributed by atoms with Crippen molar-refractivity contribution in [1.82, 2.24) is 0 Å². The summed E-state index contributed by atoms with van der Waals surface area (Å²) in [4.78, 5) is 10.8. The number of thioether (sulfide) groups is 2. The average Bonchev–Trinajstić information content (AvgIpc) is 2.70. The van der Waals surface area contributed by atoms with Crippen LogP contribution in [-0.4, -0.2) is 22.1 Å². The van der Waals surface area contributed by atoms with Gasteiger partial charge in [0.25, 0.3) is 0 Å². The van der Waals surface area contributed by atoms with Gasteiger partial charge in [0.05, 0.1) is 0 Å². The highest BCUT2D eigenvalue weighted by Gasteiger charge is 2.10. The number of unbranched alkanes of at least 4 members (excludes halogenated alkanes) is 1. The van der Waals surface area contributed by atoms with Crippen LogP contribution in [0, 0.1) is 0 Å². The van der Waals surface area contributed by atoms with Crippen molar-refractivity contribution in [2.45, 2.75) is 48.8 Å². The minimum atomic E-state index is -1.67. The minimum Gasteiger partial charge on any atom is -0.481 e. The van der Waals surface area contributed by atoms with Crippen LogP contribution in [0.3, 0.4) is 0 Å². The lowest BCUT2D eigenvalue weighted by atomic mass is 10.1. The fraction of sp³-hybridized carbons (Fsp3) is 0.409. The lowest BCUT2D eigenvalue weighted by Gasteiger charge is -2.16. The van der Waals surface area contributed by atoms with E-state index in [0.29, 0.717) is 31.2 Å². The molecule has 1 atom stereocenters. The van der Waals surface area contributed by atoms with Crippen molar-refractivity contribution in [3.63, 3.8) is 0 Å². The standard InChI is InChI=1S/C22H28O2S2/c23-22(24)14-8-7-13-21(26-18-20-11-5-2-6-12-20)15-16-25-17-19-9-3-1-4-10-19/h1-6,9-12,21H,7-8,13-18H2,(H,23,24)/i18D2,21D. The summed E-state index contributed by atoms with van der Waals surface area (Å²) in [6.07, 6.45) is 2.24. The van der Waals surface area contributed by atoms with E-state index in [4.69, 9.17) is 9.22 Å². The van der Waals surface area contributed by atoms with Crippen molar-refractivity contribution < 1.29 is 14.0 Å². The van der Waals surface area contributed by atoms with Gasteiger partial charge in [-0.3, -0.25) is 4.79 Å². The molecule has 0 aromatic heterocycles. The molecule has 0 aliphatic heterocycles.